The van der Waals surface area contributed by atoms with E-state index in [0.717, 1.165) is 16.9 Å². The van der Waals surface area contributed by atoms with Crippen LogP contribution in [0, 0.1) is 6.92 Å². The Hall–Kier alpha value is -2.49. The molecule has 0 aliphatic rings. The fourth-order valence-corrected chi connectivity index (χ4v) is 2.12. The Labute approximate surface area is 131 Å². The lowest BCUT2D eigenvalue weighted by atomic mass is 10.1. The Bertz CT molecular complexity index is 599. The van der Waals surface area contributed by atoms with E-state index < -0.39 is 0 Å². The lowest BCUT2D eigenvalue weighted by Crippen LogP contribution is -2.38. The highest BCUT2D eigenvalue weighted by atomic mass is 16.5. The van der Waals surface area contributed by atoms with Gasteiger partial charge in [-0.15, -0.1) is 0 Å². The predicted molar refractivity (Wildman–Crippen MR) is 88.1 cm³/mol. The van der Waals surface area contributed by atoms with E-state index in [0.29, 0.717) is 13.2 Å². The molecule has 22 heavy (non-hydrogen) atoms. The molecule has 2 rings (SSSR count). The second kappa shape index (κ2) is 8.08. The number of benzene rings is 2. The van der Waals surface area contributed by atoms with Gasteiger partial charge in [0.2, 0.25) is 0 Å². The van der Waals surface area contributed by atoms with Crippen molar-refractivity contribution in [1.29, 1.82) is 0 Å². The van der Waals surface area contributed by atoms with Crippen LogP contribution in [0.2, 0.25) is 0 Å². The summed E-state index contributed by atoms with van der Waals surface area (Å²) >= 11 is 0. The molecule has 0 saturated heterocycles. The van der Waals surface area contributed by atoms with Gasteiger partial charge in [0.05, 0.1) is 12.6 Å². The summed E-state index contributed by atoms with van der Waals surface area (Å²) in [6.07, 6.45) is 0. The lowest BCUT2D eigenvalue weighted by Gasteiger charge is -2.15. The van der Waals surface area contributed by atoms with Gasteiger partial charge in [-0.25, -0.2) is 4.79 Å². The maximum Gasteiger partial charge on any atom is 0.315 e. The zero-order valence-electron chi connectivity index (χ0n) is 13.0. The molecule has 1 atom stereocenters. The molecule has 116 valence electrons. The monoisotopic (exact) mass is 298 g/mol. The topological polar surface area (TPSA) is 50.4 Å². The average Bonchev–Trinajstić information content (AvgIpc) is 2.54. The number of amides is 2. The van der Waals surface area contributed by atoms with Crippen molar-refractivity contribution in [2.24, 2.45) is 0 Å². The molecule has 0 bridgehead atoms. The Morgan fingerprint density at radius 1 is 1.09 bits per heavy atom. The number of rotatable bonds is 6. The number of para-hydroxylation sites is 1. The van der Waals surface area contributed by atoms with E-state index in [1.54, 1.807) is 0 Å². The minimum atomic E-state index is -0.190. The second-order valence-electron chi connectivity index (χ2n) is 5.15. The van der Waals surface area contributed by atoms with Crippen molar-refractivity contribution in [3.8, 4) is 5.75 Å². The van der Waals surface area contributed by atoms with E-state index >= 15 is 0 Å². The molecule has 0 heterocycles. The van der Waals surface area contributed by atoms with Crippen LogP contribution in [0.15, 0.2) is 54.6 Å². The van der Waals surface area contributed by atoms with E-state index in [9.17, 15) is 4.79 Å². The number of nitrogens with one attached hydrogen (secondary N) is 2. The molecule has 0 fully saturated rings. The third-order valence-electron chi connectivity index (χ3n) is 3.39. The molecule has 2 amide bonds. The quantitative estimate of drug-likeness (QED) is 0.803. The van der Waals surface area contributed by atoms with E-state index in [1.807, 2.05) is 68.4 Å². The lowest BCUT2D eigenvalue weighted by molar-refractivity contribution is 0.233. The van der Waals surface area contributed by atoms with E-state index in [2.05, 4.69) is 10.6 Å². The third kappa shape index (κ3) is 4.81. The van der Waals surface area contributed by atoms with Crippen molar-refractivity contribution >= 4 is 6.03 Å². The van der Waals surface area contributed by atoms with Crippen molar-refractivity contribution in [1.82, 2.24) is 10.6 Å². The molecule has 0 radical (unpaired) electrons. The zero-order chi connectivity index (χ0) is 15.8. The van der Waals surface area contributed by atoms with Gasteiger partial charge in [-0.3, -0.25) is 0 Å². The van der Waals surface area contributed by atoms with Gasteiger partial charge in [0.25, 0.3) is 0 Å². The molecule has 4 nitrogen and oxygen atoms in total. The van der Waals surface area contributed by atoms with Crippen molar-refractivity contribution < 1.29 is 9.53 Å². The summed E-state index contributed by atoms with van der Waals surface area (Å²) in [5.74, 6) is 0.849. The van der Waals surface area contributed by atoms with Crippen LogP contribution >= 0.6 is 0 Å². The first-order chi connectivity index (χ1) is 10.7. The summed E-state index contributed by atoms with van der Waals surface area (Å²) in [5, 5.41) is 5.70. The van der Waals surface area contributed by atoms with Crippen LogP contribution in [-0.4, -0.2) is 19.2 Å². The van der Waals surface area contributed by atoms with Crippen LogP contribution in [0.1, 0.15) is 24.1 Å². The smallest absolute Gasteiger partial charge is 0.315 e. The Morgan fingerprint density at radius 2 is 1.77 bits per heavy atom. The van der Waals surface area contributed by atoms with Crippen molar-refractivity contribution in [3.63, 3.8) is 0 Å². The maximum absolute atomic E-state index is 11.8. The van der Waals surface area contributed by atoms with Crippen molar-refractivity contribution in [3.05, 3.63) is 65.7 Å². The van der Waals surface area contributed by atoms with E-state index in [4.69, 9.17) is 4.74 Å². The van der Waals surface area contributed by atoms with Crippen LogP contribution in [0.25, 0.3) is 0 Å². The number of carbonyl (C=O) groups is 1. The first-order valence-electron chi connectivity index (χ1n) is 7.44. The fraction of sp³-hybridized carbons (Fsp3) is 0.278. The zero-order valence-corrected chi connectivity index (χ0v) is 13.0. The van der Waals surface area contributed by atoms with Crippen LogP contribution in [0.4, 0.5) is 4.79 Å². The summed E-state index contributed by atoms with van der Waals surface area (Å²) in [4.78, 5) is 11.8. The summed E-state index contributed by atoms with van der Waals surface area (Å²) < 4.78 is 5.63. The van der Waals surface area contributed by atoms with Gasteiger partial charge in [0.15, 0.2) is 0 Å². The van der Waals surface area contributed by atoms with Gasteiger partial charge < -0.3 is 15.4 Å². The Morgan fingerprint density at radius 3 is 2.50 bits per heavy atom. The van der Waals surface area contributed by atoms with Gasteiger partial charge in [0.1, 0.15) is 12.4 Å². The SMILES string of the molecule is Cc1ccccc1OCCNC(=O)NC(C)c1ccccc1. The van der Waals surface area contributed by atoms with Crippen molar-refractivity contribution in [2.75, 3.05) is 13.2 Å². The largest absolute Gasteiger partial charge is 0.491 e. The second-order valence-corrected chi connectivity index (χ2v) is 5.15. The fourth-order valence-electron chi connectivity index (χ4n) is 2.12. The number of aryl methyl sites for hydroxylation is 1. The van der Waals surface area contributed by atoms with Crippen molar-refractivity contribution in [2.45, 2.75) is 19.9 Å². The molecule has 2 aromatic carbocycles. The average molecular weight is 298 g/mol. The standard InChI is InChI=1S/C18H22N2O2/c1-14-8-6-7-11-17(14)22-13-12-19-18(21)20-15(2)16-9-4-3-5-10-16/h3-11,15H,12-13H2,1-2H3,(H2,19,20,21). The minimum absolute atomic E-state index is 0.0292. The molecule has 2 aromatic rings. The van der Waals surface area contributed by atoms with Gasteiger partial charge in [-0.1, -0.05) is 48.5 Å². The predicted octanol–water partition coefficient (Wildman–Crippen LogP) is 3.43. The molecule has 2 N–H and O–H groups in total. The Kier molecular flexibility index (Phi) is 5.83. The molecule has 0 aromatic heterocycles. The van der Waals surface area contributed by atoms with E-state index in [-0.39, 0.29) is 12.1 Å². The molecule has 0 saturated carbocycles. The molecule has 0 spiro atoms. The highest BCUT2D eigenvalue weighted by Crippen LogP contribution is 2.15. The first-order valence-corrected chi connectivity index (χ1v) is 7.44. The number of carbonyl (C=O) groups excluding carboxylic acids is 1. The maximum atomic E-state index is 11.8. The first kappa shape index (κ1) is 15.9. The van der Waals surface area contributed by atoms with Gasteiger partial charge in [0, 0.05) is 0 Å². The number of ether oxygens (including phenoxy) is 1. The highest BCUT2D eigenvalue weighted by molar-refractivity contribution is 5.74. The molecular weight excluding hydrogens is 276 g/mol. The minimum Gasteiger partial charge on any atom is -0.491 e. The summed E-state index contributed by atoms with van der Waals surface area (Å²) in [7, 11) is 0. The summed E-state index contributed by atoms with van der Waals surface area (Å²) in [6, 6.07) is 17.5. The number of hydrogen-bond donors (Lipinski definition) is 2. The van der Waals surface area contributed by atoms with Crippen LogP contribution in [0.3, 0.4) is 0 Å². The molecule has 0 aliphatic heterocycles. The molecule has 0 aliphatic carbocycles. The Balaban J connectivity index is 1.69. The highest BCUT2D eigenvalue weighted by Gasteiger charge is 2.08. The van der Waals surface area contributed by atoms with Gasteiger partial charge in [-0.2, -0.15) is 0 Å². The molecular formula is C18H22N2O2. The van der Waals surface area contributed by atoms with Crippen LogP contribution < -0.4 is 15.4 Å². The van der Waals surface area contributed by atoms with E-state index in [1.165, 1.54) is 0 Å². The third-order valence-corrected chi connectivity index (χ3v) is 3.39. The number of urea groups is 1. The normalized spacial score (nSPS) is 11.5. The van der Waals surface area contributed by atoms with Gasteiger partial charge in [-0.05, 0) is 31.0 Å². The van der Waals surface area contributed by atoms with Gasteiger partial charge >= 0.3 is 6.03 Å². The van der Waals surface area contributed by atoms with Crippen LogP contribution in [-0.2, 0) is 0 Å². The van der Waals surface area contributed by atoms with Crippen LogP contribution in [0.5, 0.6) is 5.75 Å². The summed E-state index contributed by atoms with van der Waals surface area (Å²) in [6.45, 7) is 4.86. The molecule has 1 unspecified atom stereocenters. The molecule has 4 heteroatoms. The summed E-state index contributed by atoms with van der Waals surface area (Å²) in [5.41, 5.74) is 2.17. The number of hydrogen-bond acceptors (Lipinski definition) is 2.